The lowest BCUT2D eigenvalue weighted by atomic mass is 10.1. The lowest BCUT2D eigenvalue weighted by Gasteiger charge is -2.27. The summed E-state index contributed by atoms with van der Waals surface area (Å²) in [5, 5.41) is 9.41. The van der Waals surface area contributed by atoms with Gasteiger partial charge >= 0.3 is 5.97 Å². The van der Waals surface area contributed by atoms with Crippen LogP contribution in [0.15, 0.2) is 59.4 Å². The second kappa shape index (κ2) is 10.3. The third-order valence-corrected chi connectivity index (χ3v) is 6.14. The van der Waals surface area contributed by atoms with E-state index in [2.05, 4.69) is 0 Å². The number of carboxylic acid groups (broad SMARTS) is 1. The average molecular weight is 477 g/mol. The van der Waals surface area contributed by atoms with Gasteiger partial charge in [0.2, 0.25) is 0 Å². The molecule has 1 N–H and O–H groups in total. The third-order valence-electron chi connectivity index (χ3n) is 5.55. The van der Waals surface area contributed by atoms with E-state index in [0.717, 1.165) is 5.56 Å². The predicted octanol–water partition coefficient (Wildman–Crippen LogP) is 5.43. The molecule has 0 spiro atoms. The number of aromatic carboxylic acids is 1. The van der Waals surface area contributed by atoms with E-state index >= 15 is 0 Å². The Kier molecular flexibility index (Phi) is 7.72. The molecule has 168 valence electrons. The molecule has 0 fully saturated rings. The van der Waals surface area contributed by atoms with Crippen LogP contribution in [0.5, 0.6) is 0 Å². The number of hydrogen-bond acceptors (Lipinski definition) is 3. The minimum Gasteiger partial charge on any atom is -0.478 e. The fourth-order valence-electron chi connectivity index (χ4n) is 3.51. The SMILES string of the molecule is CC(c1ccccc1F)N(C)Cc1c(Cl)cc(Cl)c(=O)n1CCc1ccc(C(=O)O)cc1. The summed E-state index contributed by atoms with van der Waals surface area (Å²) < 4.78 is 15.8. The van der Waals surface area contributed by atoms with Gasteiger partial charge in [-0.2, -0.15) is 0 Å². The standard InChI is InChI=1S/C24H23Cl2FN2O3/c1-15(18-5-3-4-6-21(18)27)28(2)14-22-19(25)13-20(26)23(30)29(22)12-11-16-7-9-17(10-8-16)24(31)32/h3-10,13,15H,11-12,14H2,1-2H3,(H,31,32). The molecule has 0 saturated carbocycles. The first-order valence-corrected chi connectivity index (χ1v) is 10.8. The van der Waals surface area contributed by atoms with Gasteiger partial charge in [-0.1, -0.05) is 53.5 Å². The minimum absolute atomic E-state index is 0.0183. The zero-order valence-corrected chi connectivity index (χ0v) is 19.2. The van der Waals surface area contributed by atoms with Crippen LogP contribution in [0.25, 0.3) is 0 Å². The van der Waals surface area contributed by atoms with Crippen molar-refractivity contribution in [3.05, 3.63) is 103 Å². The third kappa shape index (κ3) is 5.38. The van der Waals surface area contributed by atoms with Gasteiger partial charge in [-0.3, -0.25) is 9.69 Å². The number of pyridine rings is 1. The zero-order valence-electron chi connectivity index (χ0n) is 17.7. The summed E-state index contributed by atoms with van der Waals surface area (Å²) >= 11 is 12.6. The van der Waals surface area contributed by atoms with Gasteiger partial charge in [-0.15, -0.1) is 0 Å². The summed E-state index contributed by atoms with van der Waals surface area (Å²) in [4.78, 5) is 25.7. The molecule has 0 bridgehead atoms. The number of carboxylic acids is 1. The quantitative estimate of drug-likeness (QED) is 0.470. The monoisotopic (exact) mass is 476 g/mol. The van der Waals surface area contributed by atoms with Gasteiger partial charge in [0.1, 0.15) is 10.8 Å². The molecule has 1 atom stereocenters. The van der Waals surface area contributed by atoms with E-state index in [-0.39, 0.29) is 28.0 Å². The Morgan fingerprint density at radius 3 is 2.41 bits per heavy atom. The highest BCUT2D eigenvalue weighted by Crippen LogP contribution is 2.26. The van der Waals surface area contributed by atoms with Crippen molar-refractivity contribution in [1.82, 2.24) is 9.47 Å². The number of carbonyl (C=O) groups is 1. The molecular weight excluding hydrogens is 454 g/mol. The molecule has 0 aliphatic carbocycles. The molecule has 5 nitrogen and oxygen atoms in total. The maximum atomic E-state index is 14.2. The summed E-state index contributed by atoms with van der Waals surface area (Å²) in [5.74, 6) is -1.29. The fourth-order valence-corrected chi connectivity index (χ4v) is 4.05. The van der Waals surface area contributed by atoms with Crippen molar-refractivity contribution in [2.24, 2.45) is 0 Å². The highest BCUT2D eigenvalue weighted by Gasteiger charge is 2.20. The number of rotatable bonds is 8. The van der Waals surface area contributed by atoms with Gasteiger partial charge < -0.3 is 9.67 Å². The summed E-state index contributed by atoms with van der Waals surface area (Å²) in [5.41, 5.74) is 1.83. The highest BCUT2D eigenvalue weighted by molar-refractivity contribution is 6.34. The van der Waals surface area contributed by atoms with Crippen molar-refractivity contribution in [3.63, 3.8) is 0 Å². The van der Waals surface area contributed by atoms with Crippen LogP contribution in [-0.2, 0) is 19.5 Å². The molecule has 0 aliphatic heterocycles. The molecule has 3 aromatic rings. The minimum atomic E-state index is -0.997. The van der Waals surface area contributed by atoms with Crippen molar-refractivity contribution in [3.8, 4) is 0 Å². The van der Waals surface area contributed by atoms with Crippen molar-refractivity contribution >= 4 is 29.2 Å². The van der Waals surface area contributed by atoms with Gasteiger partial charge in [-0.05, 0) is 50.2 Å². The first-order chi connectivity index (χ1) is 15.2. The molecule has 2 aromatic carbocycles. The number of nitrogens with zero attached hydrogens (tertiary/aromatic N) is 2. The molecule has 0 saturated heterocycles. The van der Waals surface area contributed by atoms with Gasteiger partial charge in [0.15, 0.2) is 0 Å². The molecule has 0 amide bonds. The van der Waals surface area contributed by atoms with E-state index in [9.17, 15) is 14.0 Å². The van der Waals surface area contributed by atoms with Crippen LogP contribution in [0.1, 0.15) is 40.1 Å². The van der Waals surface area contributed by atoms with Crippen LogP contribution < -0.4 is 5.56 Å². The second-order valence-corrected chi connectivity index (χ2v) is 8.42. The fraction of sp³-hybridized carbons (Fsp3) is 0.250. The summed E-state index contributed by atoms with van der Waals surface area (Å²) in [6.07, 6.45) is 0.482. The van der Waals surface area contributed by atoms with Crippen molar-refractivity contribution in [1.29, 1.82) is 0 Å². The maximum Gasteiger partial charge on any atom is 0.335 e. The predicted molar refractivity (Wildman–Crippen MR) is 124 cm³/mol. The van der Waals surface area contributed by atoms with Crippen LogP contribution >= 0.6 is 23.2 Å². The normalized spacial score (nSPS) is 12.2. The summed E-state index contributed by atoms with van der Waals surface area (Å²) in [7, 11) is 1.83. The lowest BCUT2D eigenvalue weighted by molar-refractivity contribution is 0.0697. The molecule has 0 radical (unpaired) electrons. The van der Waals surface area contributed by atoms with Crippen molar-refractivity contribution in [2.45, 2.75) is 32.5 Å². The Bertz CT molecular complexity index is 1180. The number of halogens is 3. The zero-order chi connectivity index (χ0) is 23.4. The largest absolute Gasteiger partial charge is 0.478 e. The van der Waals surface area contributed by atoms with Crippen LogP contribution in [0.2, 0.25) is 10.0 Å². The second-order valence-electron chi connectivity index (χ2n) is 7.61. The first kappa shape index (κ1) is 24.0. The van der Waals surface area contributed by atoms with Crippen LogP contribution in [-0.4, -0.2) is 27.6 Å². The van der Waals surface area contributed by atoms with Crippen molar-refractivity contribution < 1.29 is 14.3 Å². The molecular formula is C24H23Cl2FN2O3. The summed E-state index contributed by atoms with van der Waals surface area (Å²) in [6.45, 7) is 2.50. The number of aromatic nitrogens is 1. The topological polar surface area (TPSA) is 62.5 Å². The Labute approximate surface area is 195 Å². The van der Waals surface area contributed by atoms with Gasteiger partial charge in [0.05, 0.1) is 16.3 Å². The molecule has 3 rings (SSSR count). The van der Waals surface area contributed by atoms with Gasteiger partial charge in [0, 0.05) is 24.7 Å². The first-order valence-electron chi connectivity index (χ1n) is 10.0. The van der Waals surface area contributed by atoms with Gasteiger partial charge in [0.25, 0.3) is 5.56 Å². The number of hydrogen-bond donors (Lipinski definition) is 1. The molecule has 32 heavy (non-hydrogen) atoms. The van der Waals surface area contributed by atoms with E-state index in [1.54, 1.807) is 30.3 Å². The highest BCUT2D eigenvalue weighted by atomic mass is 35.5. The summed E-state index contributed by atoms with van der Waals surface area (Å²) in [6, 6.07) is 14.2. The molecule has 1 heterocycles. The van der Waals surface area contributed by atoms with E-state index < -0.39 is 5.97 Å². The van der Waals surface area contributed by atoms with E-state index in [4.69, 9.17) is 28.3 Å². The Morgan fingerprint density at radius 1 is 1.12 bits per heavy atom. The van der Waals surface area contributed by atoms with Crippen LogP contribution in [0.4, 0.5) is 4.39 Å². The molecule has 1 aromatic heterocycles. The van der Waals surface area contributed by atoms with E-state index in [1.165, 1.54) is 28.8 Å². The maximum absolute atomic E-state index is 14.2. The van der Waals surface area contributed by atoms with Crippen molar-refractivity contribution in [2.75, 3.05) is 7.05 Å². The van der Waals surface area contributed by atoms with E-state index in [0.29, 0.717) is 35.8 Å². The Morgan fingerprint density at radius 2 is 1.78 bits per heavy atom. The van der Waals surface area contributed by atoms with E-state index in [1.807, 2.05) is 18.9 Å². The Balaban J connectivity index is 1.86. The number of aryl methyl sites for hydroxylation is 1. The number of benzene rings is 2. The Hall–Kier alpha value is -2.67. The smallest absolute Gasteiger partial charge is 0.335 e. The molecule has 8 heteroatoms. The molecule has 0 aliphatic rings. The average Bonchev–Trinajstić information content (AvgIpc) is 2.77. The van der Waals surface area contributed by atoms with Gasteiger partial charge in [-0.25, -0.2) is 9.18 Å². The lowest BCUT2D eigenvalue weighted by Crippen LogP contribution is -2.30. The van der Waals surface area contributed by atoms with Crippen LogP contribution in [0.3, 0.4) is 0 Å². The molecule has 1 unspecified atom stereocenters. The van der Waals surface area contributed by atoms with Crippen LogP contribution in [0, 0.1) is 5.82 Å².